The SMILES string of the molecule is CC(C)NC(=O)NC(=O)COC(=O)c1ccc(O)cc1. The van der Waals surface area contributed by atoms with Gasteiger partial charge in [-0.25, -0.2) is 9.59 Å². The minimum absolute atomic E-state index is 0.0182. The largest absolute Gasteiger partial charge is 0.508 e. The number of benzene rings is 1. The van der Waals surface area contributed by atoms with Crippen LogP contribution in [-0.2, 0) is 9.53 Å². The number of nitrogens with one attached hydrogen (secondary N) is 2. The summed E-state index contributed by atoms with van der Waals surface area (Å²) in [6.45, 7) is 2.93. The minimum atomic E-state index is -0.727. The maximum absolute atomic E-state index is 11.5. The summed E-state index contributed by atoms with van der Waals surface area (Å²) >= 11 is 0. The summed E-state index contributed by atoms with van der Waals surface area (Å²) < 4.78 is 4.72. The van der Waals surface area contributed by atoms with Crippen LogP contribution in [0.5, 0.6) is 5.75 Å². The molecule has 0 unspecified atom stereocenters. The van der Waals surface area contributed by atoms with E-state index in [-0.39, 0.29) is 17.4 Å². The summed E-state index contributed by atoms with van der Waals surface area (Å²) in [6.07, 6.45) is 0. The first-order valence-corrected chi connectivity index (χ1v) is 5.95. The molecule has 7 nitrogen and oxygen atoms in total. The molecule has 1 aromatic rings. The van der Waals surface area contributed by atoms with Gasteiger partial charge >= 0.3 is 12.0 Å². The van der Waals surface area contributed by atoms with Crippen molar-refractivity contribution in [3.63, 3.8) is 0 Å². The highest BCUT2D eigenvalue weighted by Gasteiger charge is 2.12. The van der Waals surface area contributed by atoms with Gasteiger partial charge in [0.1, 0.15) is 5.75 Å². The average Bonchev–Trinajstić information content (AvgIpc) is 2.35. The molecule has 0 heterocycles. The summed E-state index contributed by atoms with van der Waals surface area (Å²) in [5.74, 6) is -1.43. The third-order valence-corrected chi connectivity index (χ3v) is 2.11. The highest BCUT2D eigenvalue weighted by molar-refractivity contribution is 5.97. The zero-order chi connectivity index (χ0) is 15.1. The highest BCUT2D eigenvalue weighted by Crippen LogP contribution is 2.10. The Morgan fingerprint density at radius 2 is 1.80 bits per heavy atom. The van der Waals surface area contributed by atoms with E-state index in [1.54, 1.807) is 13.8 Å². The van der Waals surface area contributed by atoms with Gasteiger partial charge in [-0.05, 0) is 38.1 Å². The van der Waals surface area contributed by atoms with Crippen LogP contribution in [0, 0.1) is 0 Å². The van der Waals surface area contributed by atoms with Gasteiger partial charge in [0.15, 0.2) is 6.61 Å². The van der Waals surface area contributed by atoms with E-state index in [9.17, 15) is 14.4 Å². The van der Waals surface area contributed by atoms with E-state index in [1.165, 1.54) is 24.3 Å². The van der Waals surface area contributed by atoms with Gasteiger partial charge in [-0.1, -0.05) is 0 Å². The molecule has 1 rings (SSSR count). The number of aromatic hydroxyl groups is 1. The lowest BCUT2D eigenvalue weighted by Gasteiger charge is -2.09. The van der Waals surface area contributed by atoms with E-state index in [1.807, 2.05) is 5.32 Å². The second-order valence-corrected chi connectivity index (χ2v) is 4.30. The zero-order valence-corrected chi connectivity index (χ0v) is 11.2. The Balaban J connectivity index is 2.39. The molecular formula is C13H16N2O5. The van der Waals surface area contributed by atoms with Crippen molar-refractivity contribution < 1.29 is 24.2 Å². The number of hydrogen-bond acceptors (Lipinski definition) is 5. The Morgan fingerprint density at radius 1 is 1.20 bits per heavy atom. The molecule has 0 aliphatic carbocycles. The number of carbonyl (C=O) groups is 3. The molecular weight excluding hydrogens is 264 g/mol. The highest BCUT2D eigenvalue weighted by atomic mass is 16.5. The molecule has 0 bridgehead atoms. The van der Waals surface area contributed by atoms with Gasteiger partial charge < -0.3 is 15.2 Å². The zero-order valence-electron chi connectivity index (χ0n) is 11.2. The molecule has 3 N–H and O–H groups in total. The van der Waals surface area contributed by atoms with Crippen molar-refractivity contribution in [1.82, 2.24) is 10.6 Å². The first kappa shape index (κ1) is 15.5. The predicted octanol–water partition coefficient (Wildman–Crippen LogP) is 0.783. The number of urea groups is 1. The Kier molecular flexibility index (Phi) is 5.52. The first-order valence-electron chi connectivity index (χ1n) is 5.95. The minimum Gasteiger partial charge on any atom is -0.508 e. The maximum atomic E-state index is 11.5. The second kappa shape index (κ2) is 7.13. The lowest BCUT2D eigenvalue weighted by molar-refractivity contribution is -0.123. The van der Waals surface area contributed by atoms with Crippen LogP contribution >= 0.6 is 0 Å². The number of phenolic OH excluding ortho intramolecular Hbond substituents is 1. The molecule has 0 aromatic heterocycles. The third-order valence-electron chi connectivity index (χ3n) is 2.11. The molecule has 0 radical (unpaired) electrons. The number of amides is 3. The average molecular weight is 280 g/mol. The van der Waals surface area contributed by atoms with Crippen molar-refractivity contribution in [2.45, 2.75) is 19.9 Å². The monoisotopic (exact) mass is 280 g/mol. The number of esters is 1. The summed E-state index contributed by atoms with van der Waals surface area (Å²) in [4.78, 5) is 34.1. The lowest BCUT2D eigenvalue weighted by Crippen LogP contribution is -2.44. The standard InChI is InChI=1S/C13H16N2O5/c1-8(2)14-13(19)15-11(17)7-20-12(18)9-3-5-10(16)6-4-9/h3-6,8,16H,7H2,1-2H3,(H2,14,15,17,19). The summed E-state index contributed by atoms with van der Waals surface area (Å²) in [7, 11) is 0. The Labute approximate surface area is 115 Å². The van der Waals surface area contributed by atoms with Gasteiger partial charge in [-0.3, -0.25) is 10.1 Å². The number of rotatable bonds is 4. The van der Waals surface area contributed by atoms with Crippen molar-refractivity contribution in [3.8, 4) is 5.75 Å². The van der Waals surface area contributed by atoms with E-state index < -0.39 is 24.5 Å². The molecule has 0 fully saturated rings. The van der Waals surface area contributed by atoms with Crippen molar-refractivity contribution in [2.24, 2.45) is 0 Å². The van der Waals surface area contributed by atoms with Crippen LogP contribution in [0.4, 0.5) is 4.79 Å². The molecule has 0 aliphatic rings. The molecule has 0 atom stereocenters. The molecule has 20 heavy (non-hydrogen) atoms. The van der Waals surface area contributed by atoms with Crippen LogP contribution in [0.1, 0.15) is 24.2 Å². The summed E-state index contributed by atoms with van der Waals surface area (Å²) in [6, 6.07) is 4.62. The molecule has 108 valence electrons. The van der Waals surface area contributed by atoms with Gasteiger partial charge in [0.2, 0.25) is 0 Å². The van der Waals surface area contributed by atoms with Gasteiger partial charge in [0.05, 0.1) is 5.56 Å². The third kappa shape index (κ3) is 5.38. The van der Waals surface area contributed by atoms with Crippen molar-refractivity contribution in [3.05, 3.63) is 29.8 Å². The molecule has 1 aromatic carbocycles. The van der Waals surface area contributed by atoms with Crippen LogP contribution in [0.3, 0.4) is 0 Å². The van der Waals surface area contributed by atoms with Crippen molar-refractivity contribution >= 4 is 17.9 Å². The molecule has 0 saturated heterocycles. The normalized spacial score (nSPS) is 9.95. The number of ether oxygens (including phenoxy) is 1. The van der Waals surface area contributed by atoms with E-state index in [4.69, 9.17) is 9.84 Å². The van der Waals surface area contributed by atoms with E-state index in [0.717, 1.165) is 0 Å². The summed E-state index contributed by atoms with van der Waals surface area (Å²) in [5, 5.41) is 13.5. The number of phenols is 1. The fourth-order valence-electron chi connectivity index (χ4n) is 1.27. The first-order chi connectivity index (χ1) is 9.38. The van der Waals surface area contributed by atoms with Crippen LogP contribution in [0.15, 0.2) is 24.3 Å². The Hall–Kier alpha value is -2.57. The van der Waals surface area contributed by atoms with Gasteiger partial charge in [0, 0.05) is 6.04 Å². The van der Waals surface area contributed by atoms with Crippen LogP contribution < -0.4 is 10.6 Å². The molecule has 0 saturated carbocycles. The topological polar surface area (TPSA) is 105 Å². The van der Waals surface area contributed by atoms with E-state index in [2.05, 4.69) is 5.32 Å². The number of carbonyl (C=O) groups excluding carboxylic acids is 3. The fraction of sp³-hybridized carbons (Fsp3) is 0.308. The Morgan fingerprint density at radius 3 is 2.35 bits per heavy atom. The summed E-state index contributed by atoms with van der Waals surface area (Å²) in [5.41, 5.74) is 0.197. The van der Waals surface area contributed by atoms with Crippen LogP contribution in [-0.4, -0.2) is 35.7 Å². The molecule has 0 spiro atoms. The fourth-order valence-corrected chi connectivity index (χ4v) is 1.27. The maximum Gasteiger partial charge on any atom is 0.338 e. The van der Waals surface area contributed by atoms with E-state index >= 15 is 0 Å². The van der Waals surface area contributed by atoms with Crippen LogP contribution in [0.25, 0.3) is 0 Å². The van der Waals surface area contributed by atoms with Crippen molar-refractivity contribution in [1.29, 1.82) is 0 Å². The lowest BCUT2D eigenvalue weighted by atomic mass is 10.2. The van der Waals surface area contributed by atoms with Crippen LogP contribution in [0.2, 0.25) is 0 Å². The Bertz CT molecular complexity index is 496. The van der Waals surface area contributed by atoms with Gasteiger partial charge in [0.25, 0.3) is 5.91 Å². The molecule has 3 amide bonds. The van der Waals surface area contributed by atoms with Gasteiger partial charge in [-0.15, -0.1) is 0 Å². The smallest absolute Gasteiger partial charge is 0.338 e. The van der Waals surface area contributed by atoms with Crippen molar-refractivity contribution in [2.75, 3.05) is 6.61 Å². The number of hydrogen-bond donors (Lipinski definition) is 3. The molecule has 7 heteroatoms. The predicted molar refractivity (Wildman–Crippen MR) is 70.2 cm³/mol. The number of imide groups is 1. The van der Waals surface area contributed by atoms with E-state index in [0.29, 0.717) is 0 Å². The van der Waals surface area contributed by atoms with Gasteiger partial charge in [-0.2, -0.15) is 0 Å². The second-order valence-electron chi connectivity index (χ2n) is 4.30. The molecule has 0 aliphatic heterocycles. The quantitative estimate of drug-likeness (QED) is 0.707.